The molecule has 3 atom stereocenters. The van der Waals surface area contributed by atoms with Crippen LogP contribution < -0.4 is 0 Å². The van der Waals surface area contributed by atoms with Crippen molar-refractivity contribution >= 4 is 19.8 Å². The van der Waals surface area contributed by atoms with Crippen molar-refractivity contribution in [1.82, 2.24) is 0 Å². The molecule has 0 aliphatic carbocycles. The van der Waals surface area contributed by atoms with Crippen LogP contribution in [-0.2, 0) is 32.7 Å². The number of esters is 2. The number of carbonyl (C=O) groups excluding carboxylic acids is 2. The second-order valence-electron chi connectivity index (χ2n) is 14.7. The van der Waals surface area contributed by atoms with Crippen LogP contribution in [0.2, 0.25) is 0 Å². The number of aliphatic hydroxyl groups is 2. The molecule has 0 rings (SSSR count). The summed E-state index contributed by atoms with van der Waals surface area (Å²) < 4.78 is 32.6. The Hall–Kier alpha value is -2.07. The summed E-state index contributed by atoms with van der Waals surface area (Å²) >= 11 is 0. The topological polar surface area (TPSA) is 149 Å². The molecule has 0 aliphatic rings. The van der Waals surface area contributed by atoms with Gasteiger partial charge < -0.3 is 24.6 Å². The van der Waals surface area contributed by atoms with Gasteiger partial charge in [0, 0.05) is 12.8 Å². The Balaban J connectivity index is 4.27. The van der Waals surface area contributed by atoms with Gasteiger partial charge in [-0.1, -0.05) is 184 Å². The van der Waals surface area contributed by atoms with Crippen molar-refractivity contribution in [3.8, 4) is 0 Å². The fourth-order valence-corrected chi connectivity index (χ4v) is 6.68. The highest BCUT2D eigenvalue weighted by Crippen LogP contribution is 2.43. The molecule has 0 fully saturated rings. The van der Waals surface area contributed by atoms with Crippen molar-refractivity contribution in [2.75, 3.05) is 26.4 Å². The molecule has 326 valence electrons. The van der Waals surface area contributed by atoms with Gasteiger partial charge >= 0.3 is 19.8 Å². The molecule has 0 aromatic rings. The van der Waals surface area contributed by atoms with Crippen molar-refractivity contribution < 1.29 is 47.8 Å². The fraction of sp³-hybridized carbons (Fsp3) is 0.778. The standard InChI is InChI=1S/C45H81O10P/c1-3-5-7-9-11-13-15-17-18-19-20-21-22-23-25-26-28-30-32-34-36-44(48)52-40-43(41-54-56(50,51)53-39-42(47)38-46)55-45(49)37-35-33-31-29-27-24-16-14-12-10-8-6-4-2/h6,8,12,14,24,27,31,33,42-43,46-47H,3-5,7,9-11,13,15-23,25-26,28-30,32,34-41H2,1-2H3,(H,50,51)/b8-6-,14-12-,27-24-,33-31-. The highest BCUT2D eigenvalue weighted by molar-refractivity contribution is 7.47. The van der Waals surface area contributed by atoms with Crippen molar-refractivity contribution in [3.05, 3.63) is 48.6 Å². The third kappa shape index (κ3) is 40.1. The Labute approximate surface area is 341 Å². The number of phosphoric ester groups is 1. The molecule has 3 N–H and O–H groups in total. The van der Waals surface area contributed by atoms with Gasteiger partial charge in [0.1, 0.15) is 12.7 Å². The van der Waals surface area contributed by atoms with Crippen molar-refractivity contribution in [2.45, 2.75) is 199 Å². The summed E-state index contributed by atoms with van der Waals surface area (Å²) in [6.45, 7) is 2.19. The third-order valence-corrected chi connectivity index (χ3v) is 10.2. The number of allylic oxidation sites excluding steroid dienone is 8. The predicted molar refractivity (Wildman–Crippen MR) is 228 cm³/mol. The van der Waals surface area contributed by atoms with E-state index in [-0.39, 0.29) is 19.4 Å². The van der Waals surface area contributed by atoms with Gasteiger partial charge in [-0.2, -0.15) is 0 Å². The summed E-state index contributed by atoms with van der Waals surface area (Å²) in [4.78, 5) is 34.9. The number of hydrogen-bond donors (Lipinski definition) is 3. The molecular weight excluding hydrogens is 731 g/mol. The monoisotopic (exact) mass is 813 g/mol. The van der Waals surface area contributed by atoms with E-state index in [4.69, 9.17) is 19.1 Å². The molecule has 0 saturated heterocycles. The first-order valence-corrected chi connectivity index (χ1v) is 23.6. The van der Waals surface area contributed by atoms with Crippen molar-refractivity contribution in [1.29, 1.82) is 0 Å². The Morgan fingerprint density at radius 2 is 0.982 bits per heavy atom. The van der Waals surface area contributed by atoms with E-state index < -0.39 is 51.8 Å². The van der Waals surface area contributed by atoms with Crippen LogP contribution in [0.25, 0.3) is 0 Å². The summed E-state index contributed by atoms with van der Waals surface area (Å²) in [5, 5.41) is 18.3. The predicted octanol–water partition coefficient (Wildman–Crippen LogP) is 11.7. The molecular formula is C45H81O10P. The SMILES string of the molecule is CC/C=C\C/C=C\C/C=C\C/C=C\CCC(=O)OC(COC(=O)CCCCCCCCCCCCCCCCCCCCCC)COP(=O)(O)OCC(O)CO. The minimum Gasteiger partial charge on any atom is -0.462 e. The molecule has 56 heavy (non-hydrogen) atoms. The van der Waals surface area contributed by atoms with Crippen molar-refractivity contribution in [2.24, 2.45) is 0 Å². The van der Waals surface area contributed by atoms with Crippen LogP contribution in [-0.4, -0.2) is 65.7 Å². The van der Waals surface area contributed by atoms with Gasteiger partial charge in [-0.25, -0.2) is 4.57 Å². The summed E-state index contributed by atoms with van der Waals surface area (Å²) in [7, 11) is -4.63. The summed E-state index contributed by atoms with van der Waals surface area (Å²) in [6, 6.07) is 0. The number of carbonyl (C=O) groups is 2. The maximum atomic E-state index is 12.5. The lowest BCUT2D eigenvalue weighted by molar-refractivity contribution is -0.161. The molecule has 0 aliphatic heterocycles. The van der Waals surface area contributed by atoms with E-state index in [1.54, 1.807) is 0 Å². The Kier molecular flexibility index (Phi) is 39.6. The van der Waals surface area contributed by atoms with Crippen LogP contribution in [0.4, 0.5) is 0 Å². The molecule has 11 heteroatoms. The van der Waals surface area contributed by atoms with Crippen LogP contribution >= 0.6 is 7.82 Å². The third-order valence-electron chi connectivity index (χ3n) is 9.26. The molecule has 0 aromatic carbocycles. The number of aliphatic hydroxyl groups excluding tert-OH is 2. The lowest BCUT2D eigenvalue weighted by Gasteiger charge is -2.20. The molecule has 0 spiro atoms. The molecule has 10 nitrogen and oxygen atoms in total. The van der Waals surface area contributed by atoms with Crippen LogP contribution in [0.15, 0.2) is 48.6 Å². The number of phosphoric acid groups is 1. The first kappa shape index (κ1) is 53.9. The number of hydrogen-bond acceptors (Lipinski definition) is 9. The van der Waals surface area contributed by atoms with E-state index in [9.17, 15) is 24.2 Å². The zero-order chi connectivity index (χ0) is 41.2. The van der Waals surface area contributed by atoms with E-state index in [0.29, 0.717) is 12.8 Å². The van der Waals surface area contributed by atoms with Gasteiger partial charge in [0.2, 0.25) is 0 Å². The molecule has 0 heterocycles. The van der Waals surface area contributed by atoms with Gasteiger partial charge in [-0.15, -0.1) is 0 Å². The summed E-state index contributed by atoms with van der Waals surface area (Å²) in [5.74, 6) is -1.02. The van der Waals surface area contributed by atoms with E-state index in [0.717, 1.165) is 44.9 Å². The second kappa shape index (κ2) is 41.1. The average Bonchev–Trinajstić information content (AvgIpc) is 3.19. The Morgan fingerprint density at radius 1 is 0.554 bits per heavy atom. The molecule has 0 saturated carbocycles. The lowest BCUT2D eigenvalue weighted by atomic mass is 10.0. The van der Waals surface area contributed by atoms with Gasteiger partial charge in [-0.05, 0) is 38.5 Å². The maximum Gasteiger partial charge on any atom is 0.472 e. The quantitative estimate of drug-likeness (QED) is 0.0236. The Bertz CT molecular complexity index is 1070. The highest BCUT2D eigenvalue weighted by atomic mass is 31.2. The maximum absolute atomic E-state index is 12.5. The van der Waals surface area contributed by atoms with Gasteiger partial charge in [0.15, 0.2) is 6.10 Å². The number of ether oxygens (including phenoxy) is 2. The van der Waals surface area contributed by atoms with Gasteiger partial charge in [0.25, 0.3) is 0 Å². The second-order valence-corrected chi connectivity index (χ2v) is 16.2. The van der Waals surface area contributed by atoms with E-state index in [2.05, 4.69) is 54.8 Å². The van der Waals surface area contributed by atoms with E-state index >= 15 is 0 Å². The lowest BCUT2D eigenvalue weighted by Crippen LogP contribution is -2.29. The van der Waals surface area contributed by atoms with Crippen LogP contribution in [0.5, 0.6) is 0 Å². The summed E-state index contributed by atoms with van der Waals surface area (Å²) in [6.07, 6.45) is 43.9. The molecule has 0 radical (unpaired) electrons. The minimum atomic E-state index is -4.63. The van der Waals surface area contributed by atoms with E-state index in [1.807, 2.05) is 12.2 Å². The zero-order valence-electron chi connectivity index (χ0n) is 35.3. The first-order chi connectivity index (χ1) is 27.2. The molecule has 3 unspecified atom stereocenters. The van der Waals surface area contributed by atoms with Gasteiger partial charge in [-0.3, -0.25) is 18.6 Å². The molecule has 0 aromatic heterocycles. The molecule has 0 amide bonds. The largest absolute Gasteiger partial charge is 0.472 e. The van der Waals surface area contributed by atoms with Crippen molar-refractivity contribution in [3.63, 3.8) is 0 Å². The highest BCUT2D eigenvalue weighted by Gasteiger charge is 2.27. The Morgan fingerprint density at radius 3 is 1.45 bits per heavy atom. The first-order valence-electron chi connectivity index (χ1n) is 22.1. The van der Waals surface area contributed by atoms with Crippen LogP contribution in [0, 0.1) is 0 Å². The van der Waals surface area contributed by atoms with E-state index in [1.165, 1.54) is 103 Å². The van der Waals surface area contributed by atoms with Crippen LogP contribution in [0.1, 0.15) is 187 Å². The normalized spacial score (nSPS) is 14.3. The number of rotatable bonds is 41. The summed E-state index contributed by atoms with van der Waals surface area (Å²) in [5.41, 5.74) is 0. The minimum absolute atomic E-state index is 0.0635. The fourth-order valence-electron chi connectivity index (χ4n) is 5.89. The zero-order valence-corrected chi connectivity index (χ0v) is 36.2. The smallest absolute Gasteiger partial charge is 0.462 e. The molecule has 0 bridgehead atoms. The van der Waals surface area contributed by atoms with Gasteiger partial charge in [0.05, 0.1) is 19.8 Å². The average molecular weight is 813 g/mol. The number of unbranched alkanes of at least 4 members (excludes halogenated alkanes) is 19. The van der Waals surface area contributed by atoms with Crippen LogP contribution in [0.3, 0.4) is 0 Å².